The summed E-state index contributed by atoms with van der Waals surface area (Å²) < 4.78 is 13.0. The van der Waals surface area contributed by atoms with Crippen molar-refractivity contribution < 1.29 is 9.31 Å². The molecular formula is C10H13FN2O2S. The van der Waals surface area contributed by atoms with Crippen LogP contribution in [0.25, 0.3) is 0 Å². The second-order valence-corrected chi connectivity index (χ2v) is 4.72. The van der Waals surface area contributed by atoms with Crippen molar-refractivity contribution in [3.05, 3.63) is 34.1 Å². The van der Waals surface area contributed by atoms with Gasteiger partial charge in [0.2, 0.25) is 0 Å². The van der Waals surface area contributed by atoms with Gasteiger partial charge in [-0.3, -0.25) is 10.1 Å². The van der Waals surface area contributed by atoms with Crippen LogP contribution in [0, 0.1) is 15.9 Å². The van der Waals surface area contributed by atoms with Crippen molar-refractivity contribution >= 4 is 17.4 Å². The Kier molecular flexibility index (Phi) is 4.70. The molecule has 0 bridgehead atoms. The average molecular weight is 244 g/mol. The van der Waals surface area contributed by atoms with Crippen molar-refractivity contribution in [3.63, 3.8) is 0 Å². The Bertz CT molecular complexity index is 385. The summed E-state index contributed by atoms with van der Waals surface area (Å²) in [6, 6.07) is 3.63. The normalized spacial score (nSPS) is 10.8. The van der Waals surface area contributed by atoms with Crippen LogP contribution in [-0.4, -0.2) is 36.2 Å². The van der Waals surface area contributed by atoms with Crippen molar-refractivity contribution in [1.29, 1.82) is 0 Å². The van der Waals surface area contributed by atoms with E-state index in [1.165, 1.54) is 23.9 Å². The molecule has 0 aliphatic heterocycles. The fourth-order valence-corrected chi connectivity index (χ4v) is 2.17. The highest BCUT2D eigenvalue weighted by Gasteiger charge is 2.09. The lowest BCUT2D eigenvalue weighted by atomic mass is 10.3. The largest absolute Gasteiger partial charge is 0.309 e. The molecule has 0 unspecified atom stereocenters. The van der Waals surface area contributed by atoms with Crippen LogP contribution in [0.3, 0.4) is 0 Å². The highest BCUT2D eigenvalue weighted by molar-refractivity contribution is 7.99. The summed E-state index contributed by atoms with van der Waals surface area (Å²) in [6.45, 7) is 0.842. The van der Waals surface area contributed by atoms with Gasteiger partial charge in [0.1, 0.15) is 5.82 Å². The summed E-state index contributed by atoms with van der Waals surface area (Å²) >= 11 is 1.41. The standard InChI is InChI=1S/C10H13FN2O2S/c1-12(2)3-4-16-10-6-8(11)5-9(7-10)13(14)15/h5-7H,3-4H2,1-2H3. The van der Waals surface area contributed by atoms with Gasteiger partial charge in [0.25, 0.3) is 5.69 Å². The molecule has 16 heavy (non-hydrogen) atoms. The maximum absolute atomic E-state index is 13.0. The van der Waals surface area contributed by atoms with Gasteiger partial charge in [0, 0.05) is 23.3 Å². The number of nitrogens with zero attached hydrogens (tertiary/aromatic N) is 2. The van der Waals surface area contributed by atoms with Gasteiger partial charge in [-0.05, 0) is 20.2 Å². The first-order chi connectivity index (χ1) is 7.49. The second-order valence-electron chi connectivity index (χ2n) is 3.55. The van der Waals surface area contributed by atoms with Gasteiger partial charge in [-0.2, -0.15) is 0 Å². The molecule has 0 N–H and O–H groups in total. The van der Waals surface area contributed by atoms with Gasteiger partial charge >= 0.3 is 0 Å². The molecule has 1 aromatic carbocycles. The monoisotopic (exact) mass is 244 g/mol. The van der Waals surface area contributed by atoms with Crippen LogP contribution in [0.15, 0.2) is 23.1 Å². The Morgan fingerprint density at radius 2 is 2.12 bits per heavy atom. The summed E-state index contributed by atoms with van der Waals surface area (Å²) in [5.41, 5.74) is -0.202. The molecule has 0 fully saturated rings. The molecule has 0 aliphatic carbocycles. The zero-order chi connectivity index (χ0) is 12.1. The van der Waals surface area contributed by atoms with Gasteiger partial charge in [-0.15, -0.1) is 11.8 Å². The first-order valence-corrected chi connectivity index (χ1v) is 5.70. The fraction of sp³-hybridized carbons (Fsp3) is 0.400. The molecule has 1 rings (SSSR count). The molecule has 0 aliphatic rings. The van der Waals surface area contributed by atoms with E-state index in [2.05, 4.69) is 0 Å². The lowest BCUT2D eigenvalue weighted by Gasteiger charge is -2.08. The van der Waals surface area contributed by atoms with Crippen LogP contribution >= 0.6 is 11.8 Å². The van der Waals surface area contributed by atoms with E-state index in [-0.39, 0.29) is 5.69 Å². The third-order valence-electron chi connectivity index (χ3n) is 1.87. The van der Waals surface area contributed by atoms with Crippen LogP contribution in [0.5, 0.6) is 0 Å². The zero-order valence-electron chi connectivity index (χ0n) is 9.14. The quantitative estimate of drug-likeness (QED) is 0.453. The number of non-ortho nitro benzene ring substituents is 1. The Morgan fingerprint density at radius 3 is 2.69 bits per heavy atom. The minimum Gasteiger partial charge on any atom is -0.309 e. The second kappa shape index (κ2) is 5.81. The predicted octanol–water partition coefficient (Wildman–Crippen LogP) is 2.39. The number of halogens is 1. The third-order valence-corrected chi connectivity index (χ3v) is 2.83. The van der Waals surface area contributed by atoms with Crippen LogP contribution in [0.1, 0.15) is 0 Å². The molecule has 0 aromatic heterocycles. The molecule has 1 aromatic rings. The van der Waals surface area contributed by atoms with E-state index in [0.29, 0.717) is 4.90 Å². The predicted molar refractivity (Wildman–Crippen MR) is 62.3 cm³/mol. The average Bonchev–Trinajstić information content (AvgIpc) is 2.16. The third kappa shape index (κ3) is 4.16. The number of nitro benzene ring substituents is 1. The summed E-state index contributed by atoms with van der Waals surface area (Å²) in [4.78, 5) is 12.5. The number of benzene rings is 1. The molecule has 0 saturated carbocycles. The van der Waals surface area contributed by atoms with E-state index >= 15 is 0 Å². The molecule has 0 atom stereocenters. The molecule has 0 saturated heterocycles. The molecule has 0 spiro atoms. The van der Waals surface area contributed by atoms with E-state index in [1.54, 1.807) is 0 Å². The lowest BCUT2D eigenvalue weighted by Crippen LogP contribution is -2.14. The highest BCUT2D eigenvalue weighted by atomic mass is 32.2. The summed E-state index contributed by atoms with van der Waals surface area (Å²) in [5, 5.41) is 10.5. The number of hydrogen-bond acceptors (Lipinski definition) is 4. The van der Waals surface area contributed by atoms with Gasteiger partial charge in [-0.1, -0.05) is 0 Å². The van der Waals surface area contributed by atoms with E-state index in [1.807, 2.05) is 19.0 Å². The van der Waals surface area contributed by atoms with E-state index < -0.39 is 10.7 Å². The van der Waals surface area contributed by atoms with Crippen molar-refractivity contribution in [3.8, 4) is 0 Å². The fourth-order valence-electron chi connectivity index (χ4n) is 1.08. The molecule has 0 amide bonds. The van der Waals surface area contributed by atoms with Gasteiger partial charge in [0.15, 0.2) is 0 Å². The highest BCUT2D eigenvalue weighted by Crippen LogP contribution is 2.24. The molecule has 88 valence electrons. The van der Waals surface area contributed by atoms with Crippen molar-refractivity contribution in [2.45, 2.75) is 4.90 Å². The van der Waals surface area contributed by atoms with Crippen LogP contribution in [0.2, 0.25) is 0 Å². The van der Waals surface area contributed by atoms with Gasteiger partial charge in [0.05, 0.1) is 11.0 Å². The Hall–Kier alpha value is -1.14. The lowest BCUT2D eigenvalue weighted by molar-refractivity contribution is -0.385. The summed E-state index contributed by atoms with van der Waals surface area (Å²) in [5.74, 6) is 0.203. The smallest absolute Gasteiger partial charge is 0.273 e. The van der Waals surface area contributed by atoms with Crippen LogP contribution < -0.4 is 0 Å². The minimum atomic E-state index is -0.584. The molecular weight excluding hydrogens is 231 g/mol. The van der Waals surface area contributed by atoms with E-state index in [4.69, 9.17) is 0 Å². The topological polar surface area (TPSA) is 46.4 Å². The Labute approximate surface area is 97.6 Å². The Morgan fingerprint density at radius 1 is 1.44 bits per heavy atom. The van der Waals surface area contributed by atoms with E-state index in [0.717, 1.165) is 18.4 Å². The number of nitro groups is 1. The van der Waals surface area contributed by atoms with Crippen molar-refractivity contribution in [1.82, 2.24) is 4.90 Å². The van der Waals surface area contributed by atoms with Crippen molar-refractivity contribution in [2.24, 2.45) is 0 Å². The molecule has 0 heterocycles. The molecule has 0 radical (unpaired) electrons. The Balaban J connectivity index is 2.69. The van der Waals surface area contributed by atoms with Crippen LogP contribution in [-0.2, 0) is 0 Å². The van der Waals surface area contributed by atoms with Crippen LogP contribution in [0.4, 0.5) is 10.1 Å². The summed E-state index contributed by atoms with van der Waals surface area (Å²) in [6.07, 6.45) is 0. The maximum atomic E-state index is 13.0. The summed E-state index contributed by atoms with van der Waals surface area (Å²) in [7, 11) is 3.88. The first kappa shape index (κ1) is 12.9. The zero-order valence-corrected chi connectivity index (χ0v) is 9.96. The van der Waals surface area contributed by atoms with Gasteiger partial charge < -0.3 is 4.90 Å². The number of rotatable bonds is 5. The number of hydrogen-bond donors (Lipinski definition) is 0. The van der Waals surface area contributed by atoms with Gasteiger partial charge in [-0.25, -0.2) is 4.39 Å². The minimum absolute atomic E-state index is 0.202. The van der Waals surface area contributed by atoms with Crippen molar-refractivity contribution in [2.75, 3.05) is 26.4 Å². The number of thioether (sulfide) groups is 1. The van der Waals surface area contributed by atoms with E-state index in [9.17, 15) is 14.5 Å². The maximum Gasteiger partial charge on any atom is 0.273 e. The molecule has 6 heteroatoms. The SMILES string of the molecule is CN(C)CCSc1cc(F)cc([N+](=O)[O-])c1. The molecule has 4 nitrogen and oxygen atoms in total. The first-order valence-electron chi connectivity index (χ1n) is 4.71.